The van der Waals surface area contributed by atoms with Crippen molar-refractivity contribution in [2.45, 2.75) is 136 Å². The lowest BCUT2D eigenvalue weighted by molar-refractivity contribution is 0.0627. The van der Waals surface area contributed by atoms with Crippen molar-refractivity contribution in [3.63, 3.8) is 0 Å². The third-order valence-electron chi connectivity index (χ3n) is 8.75. The van der Waals surface area contributed by atoms with Gasteiger partial charge in [0.1, 0.15) is 11.5 Å². The first-order valence-corrected chi connectivity index (χ1v) is 18.4. The topological polar surface area (TPSA) is 44.8 Å². The van der Waals surface area contributed by atoms with Crippen LogP contribution in [-0.2, 0) is 4.74 Å². The van der Waals surface area contributed by atoms with E-state index in [1.807, 2.05) is 60.7 Å². The fourth-order valence-corrected chi connectivity index (χ4v) is 5.71. The molecular formula is C42H60O4. The molecule has 0 fully saturated rings. The van der Waals surface area contributed by atoms with Crippen LogP contribution in [0.5, 0.6) is 11.5 Å². The van der Waals surface area contributed by atoms with E-state index in [1.54, 1.807) is 0 Å². The number of hydrogen-bond donors (Lipinski definition) is 0. The van der Waals surface area contributed by atoms with Gasteiger partial charge in [-0.05, 0) is 72.9 Å². The summed E-state index contributed by atoms with van der Waals surface area (Å²) in [6.45, 7) is 8.14. The zero-order chi connectivity index (χ0) is 32.7. The fourth-order valence-electron chi connectivity index (χ4n) is 5.71. The molecule has 0 saturated heterocycles. The van der Waals surface area contributed by atoms with Crippen LogP contribution in [0.25, 0.3) is 11.1 Å². The predicted octanol–water partition coefficient (Wildman–Crippen LogP) is 12.7. The standard InChI is InChI=1S/C42H60O4/c1-4-6-8-10-12-13-14-16-18-20-34-45-40-29-27-38(28-30-40)37-21-23-39(24-22-37)42(43)46-41-31-25-36(26-32-41)35(3)44-33-19-17-15-11-9-7-5-2/h21-32,35H,4-20,33-34H2,1-3H3. The molecule has 3 rings (SSSR count). The third-order valence-corrected chi connectivity index (χ3v) is 8.75. The zero-order valence-corrected chi connectivity index (χ0v) is 29.1. The van der Waals surface area contributed by atoms with Gasteiger partial charge in [-0.15, -0.1) is 0 Å². The molecule has 0 amide bonds. The predicted molar refractivity (Wildman–Crippen MR) is 193 cm³/mol. The largest absolute Gasteiger partial charge is 0.494 e. The van der Waals surface area contributed by atoms with Gasteiger partial charge in [0.2, 0.25) is 0 Å². The van der Waals surface area contributed by atoms with Crippen molar-refractivity contribution >= 4 is 5.97 Å². The Balaban J connectivity index is 1.33. The van der Waals surface area contributed by atoms with E-state index in [9.17, 15) is 4.79 Å². The first-order valence-electron chi connectivity index (χ1n) is 18.4. The van der Waals surface area contributed by atoms with Crippen LogP contribution in [0.3, 0.4) is 0 Å². The van der Waals surface area contributed by atoms with Crippen molar-refractivity contribution in [2.75, 3.05) is 13.2 Å². The van der Waals surface area contributed by atoms with Crippen LogP contribution in [0.2, 0.25) is 0 Å². The second-order valence-corrected chi connectivity index (χ2v) is 12.7. The molecule has 0 heterocycles. The molecule has 0 saturated carbocycles. The van der Waals surface area contributed by atoms with Gasteiger partial charge in [0.15, 0.2) is 0 Å². The van der Waals surface area contributed by atoms with Crippen molar-refractivity contribution in [1.29, 1.82) is 0 Å². The minimum atomic E-state index is -0.363. The highest BCUT2D eigenvalue weighted by Gasteiger charge is 2.11. The number of unbranched alkanes of at least 4 members (excludes halogenated alkanes) is 15. The number of carbonyl (C=O) groups excluding carboxylic acids is 1. The van der Waals surface area contributed by atoms with E-state index in [0.29, 0.717) is 11.3 Å². The molecule has 0 spiro atoms. The highest BCUT2D eigenvalue weighted by molar-refractivity contribution is 5.91. The molecule has 1 atom stereocenters. The Bertz CT molecular complexity index is 1180. The Hall–Kier alpha value is -3.11. The van der Waals surface area contributed by atoms with Gasteiger partial charge in [0, 0.05) is 6.61 Å². The van der Waals surface area contributed by atoms with Gasteiger partial charge in [-0.1, -0.05) is 147 Å². The lowest BCUT2D eigenvalue weighted by Crippen LogP contribution is -2.08. The maximum absolute atomic E-state index is 12.8. The van der Waals surface area contributed by atoms with E-state index in [4.69, 9.17) is 14.2 Å². The quantitative estimate of drug-likeness (QED) is 0.0532. The first-order chi connectivity index (χ1) is 22.6. The third kappa shape index (κ3) is 15.0. The molecule has 0 radical (unpaired) electrons. The number of rotatable bonds is 25. The maximum Gasteiger partial charge on any atom is 0.343 e. The summed E-state index contributed by atoms with van der Waals surface area (Å²) in [5.74, 6) is 1.07. The molecule has 3 aromatic carbocycles. The number of benzene rings is 3. The Morgan fingerprint density at radius 3 is 1.48 bits per heavy atom. The number of carbonyl (C=O) groups is 1. The second-order valence-electron chi connectivity index (χ2n) is 12.7. The first kappa shape index (κ1) is 37.3. The Morgan fingerprint density at radius 2 is 0.957 bits per heavy atom. The summed E-state index contributed by atoms with van der Waals surface area (Å²) in [5.41, 5.74) is 3.75. The maximum atomic E-state index is 12.8. The summed E-state index contributed by atoms with van der Waals surface area (Å²) in [7, 11) is 0. The fraction of sp³-hybridized carbons (Fsp3) is 0.548. The summed E-state index contributed by atoms with van der Waals surface area (Å²) >= 11 is 0. The van der Waals surface area contributed by atoms with Crippen LogP contribution >= 0.6 is 0 Å². The summed E-state index contributed by atoms with van der Waals surface area (Å²) < 4.78 is 17.6. The van der Waals surface area contributed by atoms with Gasteiger partial charge in [-0.2, -0.15) is 0 Å². The van der Waals surface area contributed by atoms with Crippen molar-refractivity contribution in [2.24, 2.45) is 0 Å². The molecular weight excluding hydrogens is 568 g/mol. The van der Waals surface area contributed by atoms with Gasteiger partial charge in [0.25, 0.3) is 0 Å². The van der Waals surface area contributed by atoms with Crippen LogP contribution in [0.1, 0.15) is 152 Å². The minimum absolute atomic E-state index is 0.0163. The molecule has 3 aromatic rings. The van der Waals surface area contributed by atoms with E-state index in [0.717, 1.165) is 48.5 Å². The second kappa shape index (κ2) is 23.2. The van der Waals surface area contributed by atoms with Crippen LogP contribution in [0, 0.1) is 0 Å². The van der Waals surface area contributed by atoms with Crippen molar-refractivity contribution in [1.82, 2.24) is 0 Å². The van der Waals surface area contributed by atoms with E-state index in [2.05, 4.69) is 32.9 Å². The van der Waals surface area contributed by atoms with Gasteiger partial charge < -0.3 is 14.2 Å². The Morgan fingerprint density at radius 1 is 0.522 bits per heavy atom. The monoisotopic (exact) mass is 628 g/mol. The number of hydrogen-bond acceptors (Lipinski definition) is 4. The summed E-state index contributed by atoms with van der Waals surface area (Å²) in [6, 6.07) is 23.4. The van der Waals surface area contributed by atoms with E-state index >= 15 is 0 Å². The van der Waals surface area contributed by atoms with Gasteiger partial charge >= 0.3 is 5.97 Å². The van der Waals surface area contributed by atoms with Crippen molar-refractivity contribution in [3.8, 4) is 22.6 Å². The smallest absolute Gasteiger partial charge is 0.343 e. The average molecular weight is 629 g/mol. The molecule has 46 heavy (non-hydrogen) atoms. The van der Waals surface area contributed by atoms with Gasteiger partial charge in [0.05, 0.1) is 18.3 Å². The van der Waals surface area contributed by atoms with Crippen LogP contribution in [0.15, 0.2) is 72.8 Å². The van der Waals surface area contributed by atoms with E-state index < -0.39 is 0 Å². The van der Waals surface area contributed by atoms with Crippen LogP contribution < -0.4 is 9.47 Å². The van der Waals surface area contributed by atoms with Crippen LogP contribution in [0.4, 0.5) is 0 Å². The summed E-state index contributed by atoms with van der Waals surface area (Å²) in [4.78, 5) is 12.8. The molecule has 1 unspecified atom stereocenters. The van der Waals surface area contributed by atoms with Crippen molar-refractivity contribution < 1.29 is 19.0 Å². The molecule has 0 N–H and O–H groups in total. The van der Waals surface area contributed by atoms with E-state index in [1.165, 1.54) is 96.3 Å². The van der Waals surface area contributed by atoms with Gasteiger partial charge in [-0.3, -0.25) is 0 Å². The lowest BCUT2D eigenvalue weighted by Gasteiger charge is -2.14. The Kier molecular flexibility index (Phi) is 18.9. The molecule has 0 aliphatic heterocycles. The lowest BCUT2D eigenvalue weighted by atomic mass is 10.0. The SMILES string of the molecule is CCCCCCCCCCCCOc1ccc(-c2ccc(C(=O)Oc3ccc(C(C)OCCCCCCCCC)cc3)cc2)cc1. The van der Waals surface area contributed by atoms with E-state index in [-0.39, 0.29) is 12.1 Å². The molecule has 0 aliphatic carbocycles. The highest BCUT2D eigenvalue weighted by atomic mass is 16.5. The minimum Gasteiger partial charge on any atom is -0.494 e. The van der Waals surface area contributed by atoms with Crippen LogP contribution in [-0.4, -0.2) is 19.2 Å². The molecule has 0 bridgehead atoms. The molecule has 252 valence electrons. The zero-order valence-electron chi connectivity index (χ0n) is 29.1. The average Bonchev–Trinajstić information content (AvgIpc) is 3.09. The molecule has 4 nitrogen and oxygen atoms in total. The molecule has 0 aliphatic rings. The number of esters is 1. The van der Waals surface area contributed by atoms with Gasteiger partial charge in [-0.25, -0.2) is 4.79 Å². The summed E-state index contributed by atoms with van der Waals surface area (Å²) in [5, 5.41) is 0. The highest BCUT2D eigenvalue weighted by Crippen LogP contribution is 2.25. The normalized spacial score (nSPS) is 11.8. The molecule has 4 heteroatoms. The Labute approximate surface area is 280 Å². The summed E-state index contributed by atoms with van der Waals surface area (Å²) in [6.07, 6.45) is 22.2. The number of ether oxygens (including phenoxy) is 3. The van der Waals surface area contributed by atoms with Crippen molar-refractivity contribution in [3.05, 3.63) is 83.9 Å². The molecule has 0 aromatic heterocycles.